The molecule has 4 heteroatoms. The number of fused-ring (bicyclic) bond motifs is 1. The molecule has 0 fully saturated rings. The number of furan rings is 1. The van der Waals surface area contributed by atoms with Crippen LogP contribution in [0.15, 0.2) is 28.9 Å². The van der Waals surface area contributed by atoms with Crippen molar-refractivity contribution in [3.63, 3.8) is 0 Å². The summed E-state index contributed by atoms with van der Waals surface area (Å²) >= 11 is 0. The minimum Gasteiger partial charge on any atom is -0.464 e. The van der Waals surface area contributed by atoms with Crippen LogP contribution in [-0.2, 0) is 15.6 Å². The molecule has 0 bridgehead atoms. The van der Waals surface area contributed by atoms with Crippen LogP contribution in [0.3, 0.4) is 0 Å². The quantitative estimate of drug-likeness (QED) is 0.786. The lowest BCUT2D eigenvalue weighted by Gasteiger charge is -1.96. The van der Waals surface area contributed by atoms with Crippen LogP contribution < -0.4 is 0 Å². The normalized spacial score (nSPS) is 12.1. The second kappa shape index (κ2) is 3.38. The summed E-state index contributed by atoms with van der Waals surface area (Å²) in [4.78, 5) is 0. The SMILES string of the molecule is Cc1ccc2occ(CS(C)(=O)=O)c2c1. The highest BCUT2D eigenvalue weighted by molar-refractivity contribution is 7.89. The van der Waals surface area contributed by atoms with Gasteiger partial charge < -0.3 is 4.42 Å². The fourth-order valence-corrected chi connectivity index (χ4v) is 2.38. The molecule has 2 aromatic rings. The molecule has 0 N–H and O–H groups in total. The maximum atomic E-state index is 11.2. The molecular formula is C11H12O3S. The molecule has 0 aliphatic rings. The van der Waals surface area contributed by atoms with E-state index in [1.165, 1.54) is 12.5 Å². The highest BCUT2D eigenvalue weighted by Crippen LogP contribution is 2.23. The van der Waals surface area contributed by atoms with Gasteiger partial charge in [-0.15, -0.1) is 0 Å². The summed E-state index contributed by atoms with van der Waals surface area (Å²) in [6.45, 7) is 1.97. The summed E-state index contributed by atoms with van der Waals surface area (Å²) in [5, 5.41) is 0.889. The maximum Gasteiger partial charge on any atom is 0.151 e. The number of hydrogen-bond donors (Lipinski definition) is 0. The number of sulfone groups is 1. The van der Waals surface area contributed by atoms with Crippen molar-refractivity contribution in [3.8, 4) is 0 Å². The van der Waals surface area contributed by atoms with Crippen molar-refractivity contribution in [2.45, 2.75) is 12.7 Å². The molecule has 0 amide bonds. The predicted octanol–water partition coefficient (Wildman–Crippen LogP) is 2.29. The molecule has 1 aromatic heterocycles. The van der Waals surface area contributed by atoms with E-state index in [0.717, 1.165) is 22.1 Å². The van der Waals surface area contributed by atoms with Crippen molar-refractivity contribution in [1.82, 2.24) is 0 Å². The van der Waals surface area contributed by atoms with Gasteiger partial charge in [-0.05, 0) is 19.1 Å². The molecule has 2 rings (SSSR count). The average molecular weight is 224 g/mol. The Morgan fingerprint density at radius 2 is 2.07 bits per heavy atom. The van der Waals surface area contributed by atoms with Gasteiger partial charge in [-0.3, -0.25) is 0 Å². The highest BCUT2D eigenvalue weighted by Gasteiger charge is 2.11. The van der Waals surface area contributed by atoms with E-state index in [1.54, 1.807) is 0 Å². The van der Waals surface area contributed by atoms with E-state index in [9.17, 15) is 8.42 Å². The Bertz CT molecular complexity index is 593. The van der Waals surface area contributed by atoms with E-state index in [-0.39, 0.29) is 5.75 Å². The molecule has 80 valence electrons. The van der Waals surface area contributed by atoms with Crippen LogP contribution in [-0.4, -0.2) is 14.7 Å². The number of rotatable bonds is 2. The molecule has 0 radical (unpaired) electrons. The minimum absolute atomic E-state index is 0.0312. The number of benzene rings is 1. The monoisotopic (exact) mass is 224 g/mol. The van der Waals surface area contributed by atoms with E-state index in [4.69, 9.17) is 4.42 Å². The van der Waals surface area contributed by atoms with Gasteiger partial charge in [-0.25, -0.2) is 8.42 Å². The first-order chi connectivity index (χ1) is 6.96. The minimum atomic E-state index is -3.01. The molecule has 1 heterocycles. The molecule has 0 saturated carbocycles. The summed E-state index contributed by atoms with van der Waals surface area (Å²) in [5.41, 5.74) is 2.56. The number of aryl methyl sites for hydroxylation is 1. The summed E-state index contributed by atoms with van der Waals surface area (Å²) < 4.78 is 27.7. The highest BCUT2D eigenvalue weighted by atomic mass is 32.2. The predicted molar refractivity (Wildman–Crippen MR) is 59.5 cm³/mol. The van der Waals surface area contributed by atoms with Crippen LogP contribution in [0, 0.1) is 6.92 Å². The first-order valence-electron chi connectivity index (χ1n) is 4.60. The molecule has 0 saturated heterocycles. The van der Waals surface area contributed by atoms with Crippen LogP contribution in [0.25, 0.3) is 11.0 Å². The Morgan fingerprint density at radius 3 is 2.73 bits per heavy atom. The van der Waals surface area contributed by atoms with Crippen molar-refractivity contribution < 1.29 is 12.8 Å². The standard InChI is InChI=1S/C11H12O3S/c1-8-3-4-11-10(5-8)9(6-14-11)7-15(2,12)13/h3-6H,7H2,1-2H3. The van der Waals surface area contributed by atoms with E-state index in [1.807, 2.05) is 25.1 Å². The third-order valence-electron chi connectivity index (χ3n) is 2.23. The fraction of sp³-hybridized carbons (Fsp3) is 0.273. The van der Waals surface area contributed by atoms with E-state index in [2.05, 4.69) is 0 Å². The summed E-state index contributed by atoms with van der Waals surface area (Å²) in [6.07, 6.45) is 2.74. The molecule has 0 atom stereocenters. The van der Waals surface area contributed by atoms with Crippen LogP contribution in [0.1, 0.15) is 11.1 Å². The Balaban J connectivity index is 2.57. The van der Waals surface area contributed by atoms with E-state index < -0.39 is 9.84 Å². The first-order valence-corrected chi connectivity index (χ1v) is 6.66. The van der Waals surface area contributed by atoms with E-state index in [0.29, 0.717) is 0 Å². The second-order valence-corrected chi connectivity index (χ2v) is 5.97. The summed E-state index contributed by atoms with van der Waals surface area (Å²) in [6, 6.07) is 5.74. The van der Waals surface area contributed by atoms with Gasteiger partial charge in [0.25, 0.3) is 0 Å². The van der Waals surface area contributed by atoms with Crippen molar-refractivity contribution in [2.75, 3.05) is 6.26 Å². The molecular weight excluding hydrogens is 212 g/mol. The molecule has 3 nitrogen and oxygen atoms in total. The van der Waals surface area contributed by atoms with Gasteiger partial charge in [0.05, 0.1) is 12.0 Å². The first kappa shape index (κ1) is 10.2. The Morgan fingerprint density at radius 1 is 1.33 bits per heavy atom. The second-order valence-electron chi connectivity index (χ2n) is 3.83. The van der Waals surface area contributed by atoms with Crippen molar-refractivity contribution >= 4 is 20.8 Å². The Hall–Kier alpha value is -1.29. The van der Waals surface area contributed by atoms with Crippen LogP contribution in [0.4, 0.5) is 0 Å². The average Bonchev–Trinajstić information content (AvgIpc) is 2.46. The summed E-state index contributed by atoms with van der Waals surface area (Å²) in [5.74, 6) is 0.0312. The third kappa shape index (κ3) is 2.21. The van der Waals surface area contributed by atoms with E-state index >= 15 is 0 Å². The molecule has 1 aromatic carbocycles. The maximum absolute atomic E-state index is 11.2. The van der Waals surface area contributed by atoms with Gasteiger partial charge in [0, 0.05) is 17.2 Å². The lowest BCUT2D eigenvalue weighted by atomic mass is 10.1. The van der Waals surface area contributed by atoms with Gasteiger partial charge >= 0.3 is 0 Å². The van der Waals surface area contributed by atoms with Crippen LogP contribution >= 0.6 is 0 Å². The van der Waals surface area contributed by atoms with Crippen LogP contribution in [0.5, 0.6) is 0 Å². The fourth-order valence-electron chi connectivity index (χ4n) is 1.59. The molecule has 0 aliphatic heterocycles. The number of hydrogen-bond acceptors (Lipinski definition) is 3. The van der Waals surface area contributed by atoms with Crippen LogP contribution in [0.2, 0.25) is 0 Å². The molecule has 15 heavy (non-hydrogen) atoms. The molecule has 0 unspecified atom stereocenters. The van der Waals surface area contributed by atoms with Crippen molar-refractivity contribution in [3.05, 3.63) is 35.6 Å². The summed E-state index contributed by atoms with van der Waals surface area (Å²) in [7, 11) is -3.01. The van der Waals surface area contributed by atoms with Gasteiger partial charge in [0.1, 0.15) is 5.58 Å². The smallest absolute Gasteiger partial charge is 0.151 e. The van der Waals surface area contributed by atoms with Gasteiger partial charge in [0.2, 0.25) is 0 Å². The Kier molecular flexibility index (Phi) is 2.31. The van der Waals surface area contributed by atoms with Gasteiger partial charge in [-0.1, -0.05) is 11.6 Å². The lowest BCUT2D eigenvalue weighted by Crippen LogP contribution is -1.99. The largest absolute Gasteiger partial charge is 0.464 e. The lowest BCUT2D eigenvalue weighted by molar-refractivity contribution is 0.596. The van der Waals surface area contributed by atoms with Gasteiger partial charge in [0.15, 0.2) is 9.84 Å². The third-order valence-corrected chi connectivity index (χ3v) is 3.06. The van der Waals surface area contributed by atoms with Gasteiger partial charge in [-0.2, -0.15) is 0 Å². The zero-order valence-electron chi connectivity index (χ0n) is 8.65. The molecule has 0 spiro atoms. The zero-order chi connectivity index (χ0) is 11.1. The van der Waals surface area contributed by atoms with Crippen molar-refractivity contribution in [2.24, 2.45) is 0 Å². The van der Waals surface area contributed by atoms with Crippen molar-refractivity contribution in [1.29, 1.82) is 0 Å². The molecule has 0 aliphatic carbocycles. The topological polar surface area (TPSA) is 47.3 Å². The zero-order valence-corrected chi connectivity index (χ0v) is 9.47. The Labute approximate surface area is 88.6 Å².